The van der Waals surface area contributed by atoms with Gasteiger partial charge < -0.3 is 20.5 Å². The molecule has 0 unspecified atom stereocenters. The number of carbonyl (C=O) groups excluding carboxylic acids is 1. The Hall–Kier alpha value is -3.74. The highest BCUT2D eigenvalue weighted by Gasteiger charge is 2.07. The average Bonchev–Trinajstić information content (AvgIpc) is 2.70. The predicted molar refractivity (Wildman–Crippen MR) is 110 cm³/mol. The molecule has 144 valence electrons. The number of nitrogens with zero attached hydrogens (tertiary/aromatic N) is 1. The molecule has 0 saturated carbocycles. The summed E-state index contributed by atoms with van der Waals surface area (Å²) < 4.78 is 10.6. The Morgan fingerprint density at radius 1 is 1.00 bits per heavy atom. The Labute approximate surface area is 163 Å². The highest BCUT2D eigenvalue weighted by molar-refractivity contribution is 5.88. The van der Waals surface area contributed by atoms with E-state index >= 15 is 0 Å². The van der Waals surface area contributed by atoms with Gasteiger partial charge in [-0.25, -0.2) is 9.78 Å². The van der Waals surface area contributed by atoms with Gasteiger partial charge in [0, 0.05) is 6.54 Å². The number of aromatic nitrogens is 1. The third-order valence-corrected chi connectivity index (χ3v) is 3.81. The molecule has 7 nitrogen and oxygen atoms in total. The van der Waals surface area contributed by atoms with Crippen LogP contribution in [0, 0.1) is 0 Å². The lowest BCUT2D eigenvalue weighted by molar-refractivity contribution is 0.168. The maximum Gasteiger partial charge on any atom is 0.411 e. The summed E-state index contributed by atoms with van der Waals surface area (Å²) in [7, 11) is 0. The van der Waals surface area contributed by atoms with Crippen molar-refractivity contribution in [1.29, 1.82) is 0 Å². The van der Waals surface area contributed by atoms with E-state index in [1.54, 1.807) is 19.1 Å². The minimum absolute atomic E-state index is 0.213. The summed E-state index contributed by atoms with van der Waals surface area (Å²) in [6.07, 6.45) is -0.561. The van der Waals surface area contributed by atoms with E-state index in [9.17, 15) is 4.79 Å². The zero-order valence-corrected chi connectivity index (χ0v) is 15.5. The van der Waals surface area contributed by atoms with Gasteiger partial charge in [0.2, 0.25) is 0 Å². The first kappa shape index (κ1) is 19.0. The van der Waals surface area contributed by atoms with Gasteiger partial charge in [0.1, 0.15) is 23.1 Å². The molecule has 0 radical (unpaired) electrons. The molecule has 0 aliphatic carbocycles. The minimum atomic E-state index is -0.561. The quantitative estimate of drug-likeness (QED) is 0.554. The molecule has 1 heterocycles. The van der Waals surface area contributed by atoms with Crippen LogP contribution in [0.5, 0.6) is 11.5 Å². The Bertz CT molecular complexity index is 915. The number of carbonyl (C=O) groups is 1. The summed E-state index contributed by atoms with van der Waals surface area (Å²) in [5.74, 6) is 2.39. The highest BCUT2D eigenvalue weighted by atomic mass is 16.5. The second-order valence-electron chi connectivity index (χ2n) is 5.89. The lowest BCUT2D eigenvalue weighted by Crippen LogP contribution is -2.15. The number of hydrogen-bond donors (Lipinski definition) is 3. The Balaban J connectivity index is 1.55. The molecule has 0 aliphatic rings. The standard InChI is InChI=1S/C21H22N4O3/c1-2-27-21(26)24-18-12-13-19(25-20(18)22)23-14-15-8-10-17(11-9-15)28-16-6-4-3-5-7-16/h3-13H,2,14H2,1H3,(H,24,26)(H3,22,23,25). The van der Waals surface area contributed by atoms with Crippen molar-refractivity contribution in [3.8, 4) is 11.5 Å². The van der Waals surface area contributed by atoms with Gasteiger partial charge in [0.05, 0.1) is 12.3 Å². The average molecular weight is 378 g/mol. The van der Waals surface area contributed by atoms with Crippen LogP contribution in [-0.2, 0) is 11.3 Å². The van der Waals surface area contributed by atoms with Crippen molar-refractivity contribution in [2.24, 2.45) is 0 Å². The lowest BCUT2D eigenvalue weighted by atomic mass is 10.2. The molecule has 1 aromatic heterocycles. The van der Waals surface area contributed by atoms with Crippen LogP contribution in [0.3, 0.4) is 0 Å². The molecule has 3 aromatic rings. The van der Waals surface area contributed by atoms with E-state index in [1.165, 1.54) is 0 Å². The molecule has 0 atom stereocenters. The topological polar surface area (TPSA) is 98.5 Å². The molecule has 28 heavy (non-hydrogen) atoms. The van der Waals surface area contributed by atoms with Gasteiger partial charge in [-0.1, -0.05) is 30.3 Å². The summed E-state index contributed by atoms with van der Waals surface area (Å²) >= 11 is 0. The van der Waals surface area contributed by atoms with E-state index in [4.69, 9.17) is 15.2 Å². The van der Waals surface area contributed by atoms with Crippen LogP contribution >= 0.6 is 0 Å². The van der Waals surface area contributed by atoms with Crippen LogP contribution in [0.25, 0.3) is 0 Å². The number of hydrogen-bond acceptors (Lipinski definition) is 6. The first-order valence-corrected chi connectivity index (χ1v) is 8.90. The number of ether oxygens (including phenoxy) is 2. The van der Waals surface area contributed by atoms with Crippen molar-refractivity contribution in [2.45, 2.75) is 13.5 Å². The van der Waals surface area contributed by atoms with Crippen LogP contribution in [0.15, 0.2) is 66.7 Å². The molecule has 1 amide bonds. The lowest BCUT2D eigenvalue weighted by Gasteiger charge is -2.11. The largest absolute Gasteiger partial charge is 0.457 e. The normalized spacial score (nSPS) is 10.2. The van der Waals surface area contributed by atoms with E-state index in [1.807, 2.05) is 54.6 Å². The predicted octanol–water partition coefficient (Wildman–Crippen LogP) is 4.64. The second kappa shape index (κ2) is 9.27. The minimum Gasteiger partial charge on any atom is -0.457 e. The van der Waals surface area contributed by atoms with Gasteiger partial charge in [-0.05, 0) is 48.9 Å². The van der Waals surface area contributed by atoms with Crippen molar-refractivity contribution in [3.05, 3.63) is 72.3 Å². The van der Waals surface area contributed by atoms with E-state index in [-0.39, 0.29) is 12.4 Å². The fourth-order valence-electron chi connectivity index (χ4n) is 2.45. The number of amides is 1. The van der Waals surface area contributed by atoms with Crippen molar-refractivity contribution in [1.82, 2.24) is 4.98 Å². The molecule has 0 bridgehead atoms. The number of rotatable bonds is 7. The van der Waals surface area contributed by atoms with Gasteiger partial charge in [0.25, 0.3) is 0 Å². The van der Waals surface area contributed by atoms with E-state index in [0.717, 1.165) is 17.1 Å². The van der Waals surface area contributed by atoms with E-state index in [0.29, 0.717) is 18.1 Å². The third kappa shape index (κ3) is 5.38. The van der Waals surface area contributed by atoms with Gasteiger partial charge in [-0.2, -0.15) is 0 Å². The van der Waals surface area contributed by atoms with Gasteiger partial charge in [0.15, 0.2) is 0 Å². The monoisotopic (exact) mass is 378 g/mol. The van der Waals surface area contributed by atoms with Crippen LogP contribution < -0.4 is 21.1 Å². The fourth-order valence-corrected chi connectivity index (χ4v) is 2.45. The van der Waals surface area contributed by atoms with Gasteiger partial charge in [-0.3, -0.25) is 5.32 Å². The van der Waals surface area contributed by atoms with Crippen LogP contribution in [0.2, 0.25) is 0 Å². The number of nitrogens with two attached hydrogens (primary N) is 1. The Morgan fingerprint density at radius 3 is 2.39 bits per heavy atom. The smallest absolute Gasteiger partial charge is 0.411 e. The molecule has 7 heteroatoms. The van der Waals surface area contributed by atoms with Crippen LogP contribution in [0.1, 0.15) is 12.5 Å². The molecule has 3 rings (SSSR count). The summed E-state index contributed by atoms with van der Waals surface area (Å²) in [6, 6.07) is 20.8. The van der Waals surface area contributed by atoms with Crippen molar-refractivity contribution >= 4 is 23.4 Å². The van der Waals surface area contributed by atoms with Crippen LogP contribution in [-0.4, -0.2) is 17.7 Å². The van der Waals surface area contributed by atoms with Crippen molar-refractivity contribution in [2.75, 3.05) is 23.0 Å². The maximum atomic E-state index is 11.5. The molecule has 0 aliphatic heterocycles. The molecule has 0 spiro atoms. The van der Waals surface area contributed by atoms with Crippen molar-refractivity contribution < 1.29 is 14.3 Å². The fraction of sp³-hybridized carbons (Fsp3) is 0.143. The molecule has 0 saturated heterocycles. The molecule has 2 aromatic carbocycles. The number of nitrogens with one attached hydrogen (secondary N) is 2. The van der Waals surface area contributed by atoms with Gasteiger partial charge >= 0.3 is 6.09 Å². The first-order valence-electron chi connectivity index (χ1n) is 8.90. The maximum absolute atomic E-state index is 11.5. The SMILES string of the molecule is CCOC(=O)Nc1ccc(NCc2ccc(Oc3ccccc3)cc2)nc1N. The summed E-state index contributed by atoms with van der Waals surface area (Å²) in [4.78, 5) is 15.7. The van der Waals surface area contributed by atoms with E-state index in [2.05, 4.69) is 15.6 Å². The highest BCUT2D eigenvalue weighted by Crippen LogP contribution is 2.22. The summed E-state index contributed by atoms with van der Waals surface area (Å²) in [6.45, 7) is 2.59. The third-order valence-electron chi connectivity index (χ3n) is 3.81. The Morgan fingerprint density at radius 2 is 1.71 bits per heavy atom. The number of pyridine rings is 1. The molecular weight excluding hydrogens is 356 g/mol. The molecule has 0 fully saturated rings. The number of nitrogen functional groups attached to an aromatic ring is 1. The number of benzene rings is 2. The summed E-state index contributed by atoms with van der Waals surface area (Å²) in [5.41, 5.74) is 7.36. The zero-order valence-electron chi connectivity index (χ0n) is 15.5. The molecular formula is C21H22N4O3. The van der Waals surface area contributed by atoms with E-state index < -0.39 is 6.09 Å². The van der Waals surface area contributed by atoms with Gasteiger partial charge in [-0.15, -0.1) is 0 Å². The summed E-state index contributed by atoms with van der Waals surface area (Å²) in [5, 5.41) is 5.75. The van der Waals surface area contributed by atoms with Crippen molar-refractivity contribution in [3.63, 3.8) is 0 Å². The van der Waals surface area contributed by atoms with Crippen LogP contribution in [0.4, 0.5) is 22.1 Å². The number of anilines is 3. The Kier molecular flexibility index (Phi) is 6.30. The first-order chi connectivity index (χ1) is 13.6. The zero-order chi connectivity index (χ0) is 19.8. The number of para-hydroxylation sites is 1. The second-order valence-corrected chi connectivity index (χ2v) is 5.89. The molecule has 4 N–H and O–H groups in total.